The molecular weight excluding hydrogens is 399 g/mol. The van der Waals surface area contributed by atoms with Gasteiger partial charge in [-0.1, -0.05) is 0 Å². The summed E-state index contributed by atoms with van der Waals surface area (Å²) in [6.45, 7) is -2.63. The average molecular weight is 416 g/mol. The van der Waals surface area contributed by atoms with Crippen LogP contribution in [-0.4, -0.2) is 53.5 Å². The number of anilines is 2. The van der Waals surface area contributed by atoms with Gasteiger partial charge in [-0.3, -0.25) is 10.0 Å². The lowest BCUT2D eigenvalue weighted by Crippen LogP contribution is -2.42. The molecule has 0 fully saturated rings. The Morgan fingerprint density at radius 3 is 2.39 bits per heavy atom. The predicted molar refractivity (Wildman–Crippen MR) is 84.2 cm³/mol. The molecule has 28 heavy (non-hydrogen) atoms. The third-order valence-electron chi connectivity index (χ3n) is 3.33. The number of nitrogens with zero attached hydrogens (tertiary/aromatic N) is 1. The van der Waals surface area contributed by atoms with E-state index in [2.05, 4.69) is 10.1 Å². The van der Waals surface area contributed by atoms with E-state index in [4.69, 9.17) is 16.8 Å². The summed E-state index contributed by atoms with van der Waals surface area (Å²) in [4.78, 5) is 23.2. The van der Waals surface area contributed by atoms with E-state index >= 15 is 0 Å². The maximum atomic E-state index is 12.6. The summed E-state index contributed by atoms with van der Waals surface area (Å²) in [5.41, 5.74) is 5.51. The van der Waals surface area contributed by atoms with Crippen LogP contribution < -0.4 is 22.1 Å². The molecule has 1 amide bonds. The van der Waals surface area contributed by atoms with Crippen LogP contribution in [0.3, 0.4) is 0 Å². The number of nitrogens with one attached hydrogen (secondary N) is 1. The Morgan fingerprint density at radius 2 is 1.86 bits per heavy atom. The predicted octanol–water partition coefficient (Wildman–Crippen LogP) is 0.560. The number of alkyl halides is 5. The molecule has 1 aromatic carbocycles. The van der Waals surface area contributed by atoms with Gasteiger partial charge in [0, 0.05) is 18.5 Å². The van der Waals surface area contributed by atoms with E-state index in [-0.39, 0.29) is 28.7 Å². The Kier molecular flexibility index (Phi) is 7.49. The zero-order chi connectivity index (χ0) is 21.7. The van der Waals surface area contributed by atoms with Crippen molar-refractivity contribution in [1.29, 1.82) is 0 Å². The topological polar surface area (TPSA) is 151 Å². The first-order valence-electron chi connectivity index (χ1n) is 7.47. The molecule has 0 saturated heterocycles. The Hall–Kier alpha value is -2.71. The number of rotatable bonds is 8. The lowest BCUT2D eigenvalue weighted by atomic mass is 10.1. The van der Waals surface area contributed by atoms with E-state index in [1.54, 1.807) is 0 Å². The van der Waals surface area contributed by atoms with Crippen LogP contribution in [-0.2, 0) is 9.53 Å². The number of aliphatic hydroxyl groups is 1. The second kappa shape index (κ2) is 8.99. The molecule has 158 valence electrons. The van der Waals surface area contributed by atoms with Crippen molar-refractivity contribution in [2.75, 3.05) is 24.1 Å². The SMILES string of the molecule is Nc1ccc(C(=O)NCCC(O)C(=O)OCC(F)(F)C(F)(F)F)cc1N(N)O. The van der Waals surface area contributed by atoms with E-state index in [0.717, 1.165) is 6.07 Å². The van der Waals surface area contributed by atoms with Gasteiger partial charge in [0.05, 0.1) is 5.69 Å². The third kappa shape index (κ3) is 6.17. The quantitative estimate of drug-likeness (QED) is 0.136. The Bertz CT molecular complexity index is 714. The molecule has 14 heteroatoms. The van der Waals surface area contributed by atoms with Crippen LogP contribution in [0.1, 0.15) is 16.8 Å². The van der Waals surface area contributed by atoms with Gasteiger partial charge in [0.15, 0.2) is 12.7 Å². The van der Waals surface area contributed by atoms with Crippen LogP contribution in [0.2, 0.25) is 0 Å². The maximum Gasteiger partial charge on any atom is 0.456 e. The molecular formula is C14H17F5N4O5. The molecule has 0 heterocycles. The van der Waals surface area contributed by atoms with Crippen molar-refractivity contribution >= 4 is 23.3 Å². The first kappa shape index (κ1) is 23.3. The van der Waals surface area contributed by atoms with Crippen molar-refractivity contribution in [1.82, 2.24) is 5.32 Å². The van der Waals surface area contributed by atoms with Crippen LogP contribution in [0.4, 0.5) is 33.3 Å². The summed E-state index contributed by atoms with van der Waals surface area (Å²) in [6, 6.07) is 3.68. The summed E-state index contributed by atoms with van der Waals surface area (Å²) in [6.07, 6.45) is -8.46. The van der Waals surface area contributed by atoms with E-state index in [1.165, 1.54) is 12.1 Å². The molecule has 1 rings (SSSR count). The molecule has 0 spiro atoms. The highest BCUT2D eigenvalue weighted by Gasteiger charge is 2.58. The van der Waals surface area contributed by atoms with Crippen LogP contribution in [0.15, 0.2) is 18.2 Å². The van der Waals surface area contributed by atoms with E-state index < -0.39 is 43.1 Å². The number of aliphatic hydroxyl groups excluding tert-OH is 1. The van der Waals surface area contributed by atoms with E-state index in [0.29, 0.717) is 0 Å². The minimum Gasteiger partial charge on any atom is -0.457 e. The summed E-state index contributed by atoms with van der Waals surface area (Å²) in [5, 5.41) is 21.0. The van der Waals surface area contributed by atoms with Crippen LogP contribution in [0, 0.1) is 0 Å². The fourth-order valence-electron chi connectivity index (χ4n) is 1.77. The molecule has 1 aromatic rings. The van der Waals surface area contributed by atoms with Gasteiger partial charge < -0.3 is 20.9 Å². The zero-order valence-corrected chi connectivity index (χ0v) is 14.0. The number of carbonyl (C=O) groups excluding carboxylic acids is 2. The smallest absolute Gasteiger partial charge is 0.456 e. The highest BCUT2D eigenvalue weighted by Crippen LogP contribution is 2.35. The summed E-state index contributed by atoms with van der Waals surface area (Å²) in [7, 11) is 0. The van der Waals surface area contributed by atoms with Crippen molar-refractivity contribution in [2.24, 2.45) is 5.84 Å². The molecule has 1 atom stereocenters. The van der Waals surface area contributed by atoms with Gasteiger partial charge in [0.25, 0.3) is 5.91 Å². The lowest BCUT2D eigenvalue weighted by molar-refractivity contribution is -0.294. The first-order valence-corrected chi connectivity index (χ1v) is 7.47. The largest absolute Gasteiger partial charge is 0.457 e. The fourth-order valence-corrected chi connectivity index (χ4v) is 1.77. The van der Waals surface area contributed by atoms with Crippen LogP contribution in [0.25, 0.3) is 0 Å². The molecule has 0 aliphatic rings. The number of carbonyl (C=O) groups is 2. The summed E-state index contributed by atoms with van der Waals surface area (Å²) >= 11 is 0. The van der Waals surface area contributed by atoms with Crippen molar-refractivity contribution < 1.29 is 46.6 Å². The molecule has 0 radical (unpaired) electrons. The molecule has 0 saturated carbocycles. The Morgan fingerprint density at radius 1 is 1.25 bits per heavy atom. The lowest BCUT2D eigenvalue weighted by Gasteiger charge is -2.20. The normalized spacial score (nSPS) is 13.0. The molecule has 0 aromatic heterocycles. The van der Waals surface area contributed by atoms with Crippen LogP contribution in [0.5, 0.6) is 0 Å². The van der Waals surface area contributed by atoms with Gasteiger partial charge in [-0.05, 0) is 18.2 Å². The zero-order valence-electron chi connectivity index (χ0n) is 14.0. The first-order chi connectivity index (χ1) is 12.8. The number of hydrazine groups is 1. The minimum absolute atomic E-state index is 0.00409. The van der Waals surface area contributed by atoms with Gasteiger partial charge in [-0.2, -0.15) is 27.1 Å². The monoisotopic (exact) mass is 416 g/mol. The van der Waals surface area contributed by atoms with Crippen molar-refractivity contribution in [3.63, 3.8) is 0 Å². The van der Waals surface area contributed by atoms with Gasteiger partial charge in [0.1, 0.15) is 5.69 Å². The fraction of sp³-hybridized carbons (Fsp3) is 0.429. The number of halogens is 5. The van der Waals surface area contributed by atoms with E-state index in [9.17, 15) is 36.6 Å². The number of ether oxygens (including phenoxy) is 1. The van der Waals surface area contributed by atoms with Gasteiger partial charge in [-0.15, -0.1) is 0 Å². The Balaban J connectivity index is 2.51. The standard InChI is InChI=1S/C14H17F5N4O5/c15-13(16,14(17,18)19)6-28-12(26)10(24)3-4-22-11(25)7-1-2-8(20)9(5-7)23(21)27/h1-2,5,10,24,27H,3-4,6,20-21H2,(H,22,25). The molecule has 0 aliphatic heterocycles. The van der Waals surface area contributed by atoms with Crippen LogP contribution >= 0.6 is 0 Å². The minimum atomic E-state index is -5.90. The highest BCUT2D eigenvalue weighted by atomic mass is 19.4. The number of hydrogen-bond donors (Lipinski definition) is 5. The molecule has 7 N–H and O–H groups in total. The third-order valence-corrected chi connectivity index (χ3v) is 3.33. The van der Waals surface area contributed by atoms with Crippen molar-refractivity contribution in [3.8, 4) is 0 Å². The van der Waals surface area contributed by atoms with Gasteiger partial charge in [0.2, 0.25) is 0 Å². The molecule has 0 bridgehead atoms. The number of nitrogen functional groups attached to an aromatic ring is 1. The maximum absolute atomic E-state index is 12.6. The average Bonchev–Trinajstić information content (AvgIpc) is 2.58. The number of esters is 1. The second-order valence-corrected chi connectivity index (χ2v) is 5.49. The Labute approximate surface area is 154 Å². The van der Waals surface area contributed by atoms with Gasteiger partial charge >= 0.3 is 18.1 Å². The molecule has 9 nitrogen and oxygen atoms in total. The number of hydrogen-bond acceptors (Lipinski definition) is 8. The van der Waals surface area contributed by atoms with E-state index in [1.807, 2.05) is 0 Å². The summed E-state index contributed by atoms with van der Waals surface area (Å²) in [5.74, 6) is -2.58. The molecule has 1 unspecified atom stereocenters. The second-order valence-electron chi connectivity index (χ2n) is 5.49. The number of amides is 1. The van der Waals surface area contributed by atoms with Crippen molar-refractivity contribution in [3.05, 3.63) is 23.8 Å². The number of nitrogens with two attached hydrogens (primary N) is 2. The summed E-state index contributed by atoms with van der Waals surface area (Å²) < 4.78 is 64.9. The van der Waals surface area contributed by atoms with Crippen molar-refractivity contribution in [2.45, 2.75) is 24.6 Å². The number of benzene rings is 1. The van der Waals surface area contributed by atoms with Gasteiger partial charge in [-0.25, -0.2) is 10.6 Å². The molecule has 0 aliphatic carbocycles. The highest BCUT2D eigenvalue weighted by molar-refractivity contribution is 5.96.